The molecule has 6 N–H and O–H groups in total. The molecule has 0 aromatic carbocycles. The third kappa shape index (κ3) is 31.6. The van der Waals surface area contributed by atoms with E-state index in [9.17, 15) is 0 Å². The van der Waals surface area contributed by atoms with Crippen molar-refractivity contribution in [2.75, 3.05) is 6.54 Å². The fraction of sp³-hybridized carbons (Fsp3) is 0.250. The Hall–Kier alpha value is 0.341. The predicted molar refractivity (Wildman–Crippen MR) is 32.8 cm³/mol. The number of rotatable bonds is 1. The quantitative estimate of drug-likeness (QED) is 0.247. The van der Waals surface area contributed by atoms with E-state index in [0.717, 1.165) is 0 Å². The molecule has 0 bridgehead atoms. The van der Waals surface area contributed by atoms with Gasteiger partial charge in [-0.3, -0.25) is 6.54 Å². The number of carboxylic acid groups (broad SMARTS) is 2. The SMILES string of the molecule is N[CH-]CN.O=C(O)C(=O)O.[Ag+].[Ag]. The monoisotopic (exact) mass is 363 g/mol. The van der Waals surface area contributed by atoms with Crippen LogP contribution in [0, 0.1) is 6.54 Å². The van der Waals surface area contributed by atoms with Crippen LogP contribution in [0.1, 0.15) is 0 Å². The molecule has 0 aromatic heterocycles. The number of hydrogen-bond acceptors (Lipinski definition) is 4. The zero-order valence-corrected chi connectivity index (χ0v) is 8.72. The Morgan fingerprint density at radius 2 is 1.42 bits per heavy atom. The van der Waals surface area contributed by atoms with Gasteiger partial charge in [-0.1, -0.05) is 0 Å². The minimum Gasteiger partial charge on any atom is -0.482 e. The van der Waals surface area contributed by atoms with Crippen LogP contribution in [-0.2, 0) is 54.3 Å². The summed E-state index contributed by atoms with van der Waals surface area (Å²) in [4.78, 5) is 18.2. The molecule has 6 nitrogen and oxygen atoms in total. The molecule has 12 heavy (non-hydrogen) atoms. The van der Waals surface area contributed by atoms with Crippen molar-refractivity contribution in [2.24, 2.45) is 11.5 Å². The van der Waals surface area contributed by atoms with Gasteiger partial charge in [-0.25, -0.2) is 9.59 Å². The third-order valence-electron chi connectivity index (χ3n) is 0.319. The third-order valence-corrected chi connectivity index (χ3v) is 0.319. The summed E-state index contributed by atoms with van der Waals surface area (Å²) < 4.78 is 0. The fourth-order valence-electron chi connectivity index (χ4n) is 0. The average molecular weight is 365 g/mol. The molecule has 1 radical (unpaired) electrons. The summed E-state index contributed by atoms with van der Waals surface area (Å²) in [6.07, 6.45) is 0. The van der Waals surface area contributed by atoms with Crippen LogP contribution in [0.2, 0.25) is 0 Å². The minimum absolute atomic E-state index is 0. The summed E-state index contributed by atoms with van der Waals surface area (Å²) in [6.45, 7) is 1.88. The van der Waals surface area contributed by atoms with Crippen molar-refractivity contribution in [1.29, 1.82) is 0 Å². The molecular formula is C4H9Ag2N2O4. The summed E-state index contributed by atoms with van der Waals surface area (Å²) >= 11 is 0. The standard InChI is InChI=1S/C2H7N2.C2H2O4.2Ag/c3-1-2-4;3-1(4)2(5)6;;/h1H,2-4H2;(H,3,4)(H,5,6);;/q-1;;;+1. The summed E-state index contributed by atoms with van der Waals surface area (Å²) in [5.41, 5.74) is 9.62. The first-order valence-corrected chi connectivity index (χ1v) is 2.26. The molecule has 0 saturated carbocycles. The first-order chi connectivity index (χ1) is 4.56. The normalized spacial score (nSPS) is 6.17. The van der Waals surface area contributed by atoms with Gasteiger partial charge < -0.3 is 21.7 Å². The Kier molecular flexibility index (Phi) is 33.1. The summed E-state index contributed by atoms with van der Waals surface area (Å²) in [5, 5.41) is 14.8. The van der Waals surface area contributed by atoms with Crippen LogP contribution >= 0.6 is 0 Å². The van der Waals surface area contributed by atoms with Crippen molar-refractivity contribution in [3.8, 4) is 0 Å². The van der Waals surface area contributed by atoms with E-state index in [0.29, 0.717) is 6.54 Å². The van der Waals surface area contributed by atoms with Crippen LogP contribution in [0.3, 0.4) is 0 Å². The number of carbonyl (C=O) groups is 2. The van der Waals surface area contributed by atoms with E-state index in [1.54, 1.807) is 0 Å². The van der Waals surface area contributed by atoms with Crippen LogP contribution in [0.25, 0.3) is 0 Å². The van der Waals surface area contributed by atoms with Crippen LogP contribution < -0.4 is 11.5 Å². The zero-order chi connectivity index (χ0) is 8.57. The van der Waals surface area contributed by atoms with Crippen molar-refractivity contribution in [3.05, 3.63) is 6.54 Å². The molecule has 0 heterocycles. The van der Waals surface area contributed by atoms with E-state index >= 15 is 0 Å². The van der Waals surface area contributed by atoms with Gasteiger partial charge in [0, 0.05) is 22.4 Å². The Morgan fingerprint density at radius 1 is 1.25 bits per heavy atom. The summed E-state index contributed by atoms with van der Waals surface area (Å²) in [6, 6.07) is 0. The number of nitrogens with two attached hydrogens (primary N) is 2. The van der Waals surface area contributed by atoms with Gasteiger partial charge in [0.05, 0.1) is 0 Å². The summed E-state index contributed by atoms with van der Waals surface area (Å²) in [5.74, 6) is -3.65. The fourth-order valence-corrected chi connectivity index (χ4v) is 0. The largest absolute Gasteiger partial charge is 1.00 e. The zero-order valence-electron chi connectivity index (χ0n) is 5.75. The van der Waals surface area contributed by atoms with Crippen molar-refractivity contribution in [3.63, 3.8) is 0 Å². The van der Waals surface area contributed by atoms with E-state index in [4.69, 9.17) is 31.3 Å². The molecule has 0 spiro atoms. The molecule has 0 rings (SSSR count). The van der Waals surface area contributed by atoms with Gasteiger partial charge in [0.15, 0.2) is 0 Å². The Bertz CT molecular complexity index is 108. The Labute approximate surface area is 101 Å². The molecule has 0 amide bonds. The Balaban J connectivity index is -0.0000000483. The van der Waals surface area contributed by atoms with Gasteiger partial charge in [0.2, 0.25) is 0 Å². The molecule has 0 saturated heterocycles. The average Bonchev–Trinajstić information content (AvgIpc) is 1.89. The van der Waals surface area contributed by atoms with E-state index < -0.39 is 11.9 Å². The Morgan fingerprint density at radius 3 is 1.42 bits per heavy atom. The van der Waals surface area contributed by atoms with Crippen molar-refractivity contribution in [2.45, 2.75) is 0 Å². The number of carboxylic acids is 2. The van der Waals surface area contributed by atoms with Crippen LogP contribution in [0.15, 0.2) is 0 Å². The second-order valence-electron chi connectivity index (χ2n) is 1.08. The second-order valence-corrected chi connectivity index (χ2v) is 1.08. The van der Waals surface area contributed by atoms with Gasteiger partial charge in [-0.2, -0.15) is 0 Å². The second kappa shape index (κ2) is 17.4. The molecule has 0 aliphatic carbocycles. The maximum absolute atomic E-state index is 9.10. The van der Waals surface area contributed by atoms with Gasteiger partial charge in [0.25, 0.3) is 0 Å². The van der Waals surface area contributed by atoms with Crippen molar-refractivity contribution >= 4 is 11.9 Å². The van der Waals surface area contributed by atoms with Gasteiger partial charge in [0.1, 0.15) is 0 Å². The maximum atomic E-state index is 9.10. The van der Waals surface area contributed by atoms with Gasteiger partial charge in [-0.05, 0) is 0 Å². The van der Waals surface area contributed by atoms with Gasteiger partial charge in [-0.15, -0.1) is 6.54 Å². The maximum Gasteiger partial charge on any atom is 1.00 e. The first-order valence-electron chi connectivity index (χ1n) is 2.26. The minimum atomic E-state index is -1.82. The molecule has 0 aliphatic rings. The molecule has 0 aromatic rings. The number of aliphatic carboxylic acids is 2. The molecule has 0 aliphatic heterocycles. The molecule has 0 atom stereocenters. The van der Waals surface area contributed by atoms with Crippen LogP contribution in [0.5, 0.6) is 0 Å². The topological polar surface area (TPSA) is 127 Å². The van der Waals surface area contributed by atoms with Crippen molar-refractivity contribution in [1.82, 2.24) is 0 Å². The number of hydrogen-bond donors (Lipinski definition) is 4. The molecule has 81 valence electrons. The van der Waals surface area contributed by atoms with Crippen LogP contribution in [0.4, 0.5) is 0 Å². The van der Waals surface area contributed by atoms with E-state index in [1.165, 1.54) is 6.54 Å². The summed E-state index contributed by atoms with van der Waals surface area (Å²) in [7, 11) is 0. The van der Waals surface area contributed by atoms with Crippen LogP contribution in [-0.4, -0.2) is 28.7 Å². The predicted octanol–water partition coefficient (Wildman–Crippen LogP) is -1.78. The smallest absolute Gasteiger partial charge is 0.482 e. The molecule has 0 unspecified atom stereocenters. The van der Waals surface area contributed by atoms with Gasteiger partial charge >= 0.3 is 34.3 Å². The van der Waals surface area contributed by atoms with Crippen molar-refractivity contribution < 1.29 is 64.6 Å². The molecule has 8 heteroatoms. The van der Waals surface area contributed by atoms with E-state index in [2.05, 4.69) is 0 Å². The van der Waals surface area contributed by atoms with E-state index in [1.807, 2.05) is 0 Å². The van der Waals surface area contributed by atoms with E-state index in [-0.39, 0.29) is 44.8 Å². The first kappa shape index (κ1) is 22.8. The molecule has 0 fully saturated rings. The molecular weight excluding hydrogens is 356 g/mol.